The number of thioether (sulfide) groups is 1. The minimum atomic E-state index is -0.384. The number of benzene rings is 1. The van der Waals surface area contributed by atoms with Crippen LogP contribution in [0.2, 0.25) is 0 Å². The second-order valence-electron chi connectivity index (χ2n) is 6.26. The molecule has 6 nitrogen and oxygen atoms in total. The number of hydrogen-bond acceptors (Lipinski definition) is 4. The fourth-order valence-corrected chi connectivity index (χ4v) is 4.24. The lowest BCUT2D eigenvalue weighted by Crippen LogP contribution is -2.38. The number of amides is 1. The lowest BCUT2D eigenvalue weighted by atomic mass is 10.1. The van der Waals surface area contributed by atoms with Gasteiger partial charge in [-0.05, 0) is 31.2 Å². The zero-order chi connectivity index (χ0) is 17.6. The molecule has 1 fully saturated rings. The fraction of sp³-hybridized carbons (Fsp3) is 0.500. The number of likely N-dealkylation sites (tertiary alicyclic amines) is 1. The van der Waals surface area contributed by atoms with Crippen LogP contribution in [0.4, 0.5) is 0 Å². The van der Waals surface area contributed by atoms with Crippen LogP contribution < -0.4 is 5.69 Å². The summed E-state index contributed by atoms with van der Waals surface area (Å²) >= 11 is 1.36. The summed E-state index contributed by atoms with van der Waals surface area (Å²) in [5, 5.41) is 6.84. The number of nitrogens with one attached hydrogen (secondary N) is 1. The zero-order valence-corrected chi connectivity index (χ0v) is 15.3. The Morgan fingerprint density at radius 3 is 2.64 bits per heavy atom. The highest BCUT2D eigenvalue weighted by Gasteiger charge is 2.29. The standard InChI is InChI=1S/C18H24N4O2S/c1-2-11-22-17(24)19-20-18(22)25-15(14-9-5-3-6-10-14)16(23)21-12-7-4-8-13-21/h3,5-6,9-10,15H,2,4,7-8,11-13H2,1H3,(H,19,24)/t15-/m0/s1. The van der Waals surface area contributed by atoms with Gasteiger partial charge in [-0.15, -0.1) is 5.10 Å². The van der Waals surface area contributed by atoms with E-state index in [9.17, 15) is 9.59 Å². The van der Waals surface area contributed by atoms with E-state index in [2.05, 4.69) is 10.2 Å². The predicted octanol–water partition coefficient (Wildman–Crippen LogP) is 2.83. The summed E-state index contributed by atoms with van der Waals surface area (Å²) in [5.41, 5.74) is 0.725. The first-order chi connectivity index (χ1) is 12.2. The molecule has 7 heteroatoms. The molecule has 0 radical (unpaired) electrons. The number of hydrogen-bond donors (Lipinski definition) is 1. The maximum atomic E-state index is 13.2. The number of piperidine rings is 1. The Balaban J connectivity index is 1.89. The Bertz CT molecular complexity index is 750. The molecule has 0 saturated carbocycles. The van der Waals surface area contributed by atoms with Crippen LogP contribution in [0.3, 0.4) is 0 Å². The molecule has 0 bridgehead atoms. The number of carbonyl (C=O) groups is 1. The van der Waals surface area contributed by atoms with Crippen molar-refractivity contribution in [3.8, 4) is 0 Å². The molecule has 25 heavy (non-hydrogen) atoms. The predicted molar refractivity (Wildman–Crippen MR) is 98.6 cm³/mol. The van der Waals surface area contributed by atoms with Crippen LogP contribution in [0, 0.1) is 0 Å². The van der Waals surface area contributed by atoms with Gasteiger partial charge in [0.15, 0.2) is 5.16 Å². The molecule has 1 aliphatic rings. The summed E-state index contributed by atoms with van der Waals surface area (Å²) < 4.78 is 1.62. The van der Waals surface area contributed by atoms with Crippen molar-refractivity contribution in [3.63, 3.8) is 0 Å². The van der Waals surface area contributed by atoms with Gasteiger partial charge in [-0.2, -0.15) is 0 Å². The summed E-state index contributed by atoms with van der Waals surface area (Å²) in [6, 6.07) is 9.76. The lowest BCUT2D eigenvalue weighted by Gasteiger charge is -2.30. The highest BCUT2D eigenvalue weighted by Crippen LogP contribution is 2.36. The van der Waals surface area contributed by atoms with E-state index in [0.717, 1.165) is 37.9 Å². The van der Waals surface area contributed by atoms with Crippen molar-refractivity contribution < 1.29 is 4.79 Å². The number of aromatic amines is 1. The number of aromatic nitrogens is 3. The molecule has 1 saturated heterocycles. The van der Waals surface area contributed by atoms with Gasteiger partial charge in [-0.1, -0.05) is 49.0 Å². The van der Waals surface area contributed by atoms with Crippen molar-refractivity contribution in [2.45, 2.75) is 49.6 Å². The second kappa shape index (κ2) is 8.38. The largest absolute Gasteiger partial charge is 0.343 e. The van der Waals surface area contributed by atoms with E-state index in [1.54, 1.807) is 4.57 Å². The third-order valence-electron chi connectivity index (χ3n) is 4.39. The molecule has 1 atom stereocenters. The zero-order valence-electron chi connectivity index (χ0n) is 14.5. The van der Waals surface area contributed by atoms with Gasteiger partial charge in [0, 0.05) is 19.6 Å². The fourth-order valence-electron chi connectivity index (χ4n) is 3.09. The van der Waals surface area contributed by atoms with Gasteiger partial charge in [0.1, 0.15) is 5.25 Å². The molecule has 2 heterocycles. The van der Waals surface area contributed by atoms with Crippen LogP contribution in [0.15, 0.2) is 40.3 Å². The number of nitrogens with zero attached hydrogens (tertiary/aromatic N) is 3. The Labute approximate surface area is 151 Å². The first-order valence-electron chi connectivity index (χ1n) is 8.86. The molecule has 0 spiro atoms. The molecule has 1 amide bonds. The third kappa shape index (κ3) is 4.15. The van der Waals surface area contributed by atoms with Gasteiger partial charge in [-0.3, -0.25) is 9.36 Å². The van der Waals surface area contributed by atoms with Gasteiger partial charge in [0.25, 0.3) is 0 Å². The van der Waals surface area contributed by atoms with Gasteiger partial charge in [0.2, 0.25) is 5.91 Å². The Kier molecular flexibility index (Phi) is 5.96. The van der Waals surface area contributed by atoms with Crippen LogP contribution in [0.1, 0.15) is 43.4 Å². The van der Waals surface area contributed by atoms with E-state index in [4.69, 9.17) is 0 Å². The quantitative estimate of drug-likeness (QED) is 0.804. The number of H-pyrrole nitrogens is 1. The Hall–Kier alpha value is -2.02. The highest BCUT2D eigenvalue weighted by atomic mass is 32.2. The summed E-state index contributed by atoms with van der Waals surface area (Å²) in [4.78, 5) is 27.1. The van der Waals surface area contributed by atoms with Crippen LogP contribution in [0.5, 0.6) is 0 Å². The number of rotatable bonds is 6. The average molecular weight is 360 g/mol. The van der Waals surface area contributed by atoms with Crippen molar-refractivity contribution in [2.75, 3.05) is 13.1 Å². The van der Waals surface area contributed by atoms with Crippen LogP contribution >= 0.6 is 11.8 Å². The van der Waals surface area contributed by atoms with Crippen LogP contribution in [-0.4, -0.2) is 38.7 Å². The van der Waals surface area contributed by atoms with Crippen molar-refractivity contribution in [3.05, 3.63) is 46.4 Å². The van der Waals surface area contributed by atoms with Crippen molar-refractivity contribution >= 4 is 17.7 Å². The van der Waals surface area contributed by atoms with E-state index in [1.165, 1.54) is 18.2 Å². The monoisotopic (exact) mass is 360 g/mol. The van der Waals surface area contributed by atoms with Gasteiger partial charge >= 0.3 is 5.69 Å². The van der Waals surface area contributed by atoms with Crippen LogP contribution in [-0.2, 0) is 11.3 Å². The van der Waals surface area contributed by atoms with E-state index in [0.29, 0.717) is 11.7 Å². The normalized spacial score (nSPS) is 16.0. The summed E-state index contributed by atoms with van der Waals surface area (Å²) in [7, 11) is 0. The lowest BCUT2D eigenvalue weighted by molar-refractivity contribution is -0.131. The molecular weight excluding hydrogens is 336 g/mol. The van der Waals surface area contributed by atoms with E-state index >= 15 is 0 Å². The molecular formula is C18H24N4O2S. The van der Waals surface area contributed by atoms with Gasteiger partial charge in [-0.25, -0.2) is 9.89 Å². The van der Waals surface area contributed by atoms with Crippen LogP contribution in [0.25, 0.3) is 0 Å². The molecule has 0 unspecified atom stereocenters. The van der Waals surface area contributed by atoms with Crippen molar-refractivity contribution in [1.29, 1.82) is 0 Å². The van der Waals surface area contributed by atoms with Gasteiger partial charge in [0.05, 0.1) is 0 Å². The van der Waals surface area contributed by atoms with E-state index in [-0.39, 0.29) is 16.8 Å². The van der Waals surface area contributed by atoms with E-state index < -0.39 is 0 Å². The molecule has 3 rings (SSSR count). The number of carbonyl (C=O) groups excluding carboxylic acids is 1. The first-order valence-corrected chi connectivity index (χ1v) is 9.74. The maximum absolute atomic E-state index is 13.2. The molecule has 0 aliphatic carbocycles. The summed E-state index contributed by atoms with van der Waals surface area (Å²) in [5.74, 6) is 0.106. The molecule has 2 aromatic rings. The summed E-state index contributed by atoms with van der Waals surface area (Å²) in [6.07, 6.45) is 4.13. The minimum Gasteiger partial charge on any atom is -0.341 e. The Morgan fingerprint density at radius 2 is 1.96 bits per heavy atom. The second-order valence-corrected chi connectivity index (χ2v) is 7.33. The van der Waals surface area contributed by atoms with E-state index in [1.807, 2.05) is 42.2 Å². The topological polar surface area (TPSA) is 71.0 Å². The highest BCUT2D eigenvalue weighted by molar-refractivity contribution is 8.00. The van der Waals surface area contributed by atoms with Crippen molar-refractivity contribution in [2.24, 2.45) is 0 Å². The average Bonchev–Trinajstić information content (AvgIpc) is 3.01. The molecule has 1 aliphatic heterocycles. The summed E-state index contributed by atoms with van der Waals surface area (Å²) in [6.45, 7) is 4.23. The molecule has 1 aromatic carbocycles. The van der Waals surface area contributed by atoms with Gasteiger partial charge < -0.3 is 4.90 Å². The SMILES string of the molecule is CCCn1c(S[C@H](C(=O)N2CCCCC2)c2ccccc2)n[nH]c1=O. The molecule has 1 N–H and O–H groups in total. The third-order valence-corrected chi connectivity index (χ3v) is 5.62. The Morgan fingerprint density at radius 1 is 1.24 bits per heavy atom. The molecule has 1 aromatic heterocycles. The maximum Gasteiger partial charge on any atom is 0.343 e. The first kappa shape index (κ1) is 17.8. The van der Waals surface area contributed by atoms with Crippen molar-refractivity contribution in [1.82, 2.24) is 19.7 Å². The molecule has 134 valence electrons. The minimum absolute atomic E-state index is 0.106. The smallest absolute Gasteiger partial charge is 0.341 e.